The Hall–Kier alpha value is -2.42. The van der Waals surface area contributed by atoms with Crippen molar-refractivity contribution in [1.82, 2.24) is 4.98 Å². The largest absolute Gasteiger partial charge is 0.320 e. The summed E-state index contributed by atoms with van der Waals surface area (Å²) in [6.07, 6.45) is 1.48. The van der Waals surface area contributed by atoms with Gasteiger partial charge >= 0.3 is 0 Å². The lowest BCUT2D eigenvalue weighted by molar-refractivity contribution is 0.102. The molecular weight excluding hydrogens is 293 g/mol. The Morgan fingerprint density at radius 3 is 2.81 bits per heavy atom. The van der Waals surface area contributed by atoms with Gasteiger partial charge in [0.25, 0.3) is 5.91 Å². The van der Waals surface area contributed by atoms with E-state index in [0.717, 1.165) is 6.07 Å². The summed E-state index contributed by atoms with van der Waals surface area (Å²) < 4.78 is 12.9. The van der Waals surface area contributed by atoms with Crippen molar-refractivity contribution in [3.05, 3.63) is 58.6 Å². The molecule has 0 saturated heterocycles. The molecule has 3 N–H and O–H groups in total. The van der Waals surface area contributed by atoms with Crippen LogP contribution >= 0.6 is 11.6 Å². The van der Waals surface area contributed by atoms with Crippen LogP contribution in [0.15, 0.2) is 36.5 Å². The third-order valence-electron chi connectivity index (χ3n) is 2.51. The second-order valence-corrected chi connectivity index (χ2v) is 4.42. The molecule has 0 aliphatic rings. The van der Waals surface area contributed by atoms with Gasteiger partial charge in [-0.3, -0.25) is 4.79 Å². The normalized spacial score (nSPS) is 9.67. The van der Waals surface area contributed by atoms with Crippen LogP contribution in [0.5, 0.6) is 0 Å². The average Bonchev–Trinajstić information content (AvgIpc) is 2.48. The highest BCUT2D eigenvalue weighted by Gasteiger charge is 2.10. The maximum atomic E-state index is 12.9. The number of nitrogens with one attached hydrogen (secondary N) is 1. The number of nitrogens with zero attached hydrogens (tertiary/aromatic N) is 1. The lowest BCUT2D eigenvalue weighted by Crippen LogP contribution is -2.13. The number of amides is 1. The van der Waals surface area contributed by atoms with Gasteiger partial charge in [0.1, 0.15) is 11.5 Å². The molecule has 6 heteroatoms. The summed E-state index contributed by atoms with van der Waals surface area (Å²) in [6.45, 7) is 0.255. The van der Waals surface area contributed by atoms with Crippen LogP contribution in [0, 0.1) is 17.7 Å². The molecule has 106 valence electrons. The van der Waals surface area contributed by atoms with Crippen molar-refractivity contribution in [2.75, 3.05) is 11.9 Å². The van der Waals surface area contributed by atoms with E-state index >= 15 is 0 Å². The molecule has 0 saturated carbocycles. The van der Waals surface area contributed by atoms with Crippen LogP contribution in [0.3, 0.4) is 0 Å². The van der Waals surface area contributed by atoms with Crippen LogP contribution in [0.4, 0.5) is 10.1 Å². The zero-order chi connectivity index (χ0) is 15.2. The van der Waals surface area contributed by atoms with Crippen molar-refractivity contribution < 1.29 is 9.18 Å². The summed E-state index contributed by atoms with van der Waals surface area (Å²) in [5, 5.41) is 2.68. The summed E-state index contributed by atoms with van der Waals surface area (Å²) in [5.41, 5.74) is 6.45. The monoisotopic (exact) mass is 303 g/mol. The lowest BCUT2D eigenvalue weighted by atomic mass is 10.2. The minimum Gasteiger partial charge on any atom is -0.320 e. The highest BCUT2D eigenvalue weighted by Crippen LogP contribution is 2.22. The number of rotatable bonds is 2. The summed E-state index contributed by atoms with van der Waals surface area (Å²) in [5.74, 6) is 4.58. The van der Waals surface area contributed by atoms with Crippen molar-refractivity contribution in [1.29, 1.82) is 0 Å². The van der Waals surface area contributed by atoms with Gasteiger partial charge in [-0.05, 0) is 30.3 Å². The number of hydrogen-bond donors (Lipinski definition) is 2. The molecule has 0 spiro atoms. The minimum atomic E-state index is -0.473. The number of carbonyl (C=O) groups is 1. The second-order valence-electron chi connectivity index (χ2n) is 4.02. The second kappa shape index (κ2) is 6.84. The fraction of sp³-hybridized carbons (Fsp3) is 0.0667. The van der Waals surface area contributed by atoms with Gasteiger partial charge in [0.15, 0.2) is 0 Å². The smallest absolute Gasteiger partial charge is 0.274 e. The maximum absolute atomic E-state index is 12.9. The molecule has 1 amide bonds. The van der Waals surface area contributed by atoms with E-state index in [9.17, 15) is 9.18 Å². The molecular formula is C15H11ClFN3O. The van der Waals surface area contributed by atoms with Crippen LogP contribution in [-0.4, -0.2) is 17.4 Å². The number of halogens is 2. The topological polar surface area (TPSA) is 68.0 Å². The van der Waals surface area contributed by atoms with Crippen LogP contribution in [0.1, 0.15) is 16.1 Å². The molecule has 1 aromatic carbocycles. The minimum absolute atomic E-state index is 0.119. The van der Waals surface area contributed by atoms with E-state index in [1.54, 1.807) is 6.07 Å². The van der Waals surface area contributed by atoms with E-state index < -0.39 is 11.7 Å². The number of anilines is 1. The lowest BCUT2D eigenvalue weighted by Gasteiger charge is -2.06. The SMILES string of the molecule is NCC#Cc1ccc(C(=O)Nc2ccc(F)cc2Cl)nc1. The maximum Gasteiger partial charge on any atom is 0.274 e. The Morgan fingerprint density at radius 2 is 2.19 bits per heavy atom. The van der Waals surface area contributed by atoms with Gasteiger partial charge in [-0.1, -0.05) is 23.4 Å². The van der Waals surface area contributed by atoms with E-state index in [2.05, 4.69) is 22.1 Å². The number of benzene rings is 1. The Balaban J connectivity index is 2.13. The molecule has 2 aromatic rings. The van der Waals surface area contributed by atoms with E-state index in [0.29, 0.717) is 11.3 Å². The van der Waals surface area contributed by atoms with Crippen LogP contribution < -0.4 is 11.1 Å². The first kappa shape index (κ1) is 15.0. The third kappa shape index (κ3) is 4.02. The summed E-state index contributed by atoms with van der Waals surface area (Å²) in [7, 11) is 0. The number of aromatic nitrogens is 1. The van der Waals surface area contributed by atoms with Crippen molar-refractivity contribution in [3.8, 4) is 11.8 Å². The number of carbonyl (C=O) groups excluding carboxylic acids is 1. The molecule has 0 unspecified atom stereocenters. The van der Waals surface area contributed by atoms with Crippen molar-refractivity contribution in [3.63, 3.8) is 0 Å². The Kier molecular flexibility index (Phi) is 4.88. The predicted molar refractivity (Wildman–Crippen MR) is 79.5 cm³/mol. The molecule has 0 aliphatic heterocycles. The van der Waals surface area contributed by atoms with E-state index in [-0.39, 0.29) is 17.3 Å². The Labute approximate surface area is 126 Å². The molecule has 4 nitrogen and oxygen atoms in total. The quantitative estimate of drug-likeness (QED) is 0.837. The summed E-state index contributed by atoms with van der Waals surface area (Å²) in [4.78, 5) is 16.0. The van der Waals surface area contributed by atoms with Crippen LogP contribution in [-0.2, 0) is 0 Å². The molecule has 0 aliphatic carbocycles. The van der Waals surface area contributed by atoms with Gasteiger partial charge in [-0.25, -0.2) is 9.37 Å². The number of hydrogen-bond acceptors (Lipinski definition) is 3. The van der Waals surface area contributed by atoms with Gasteiger partial charge in [0.05, 0.1) is 17.3 Å². The van der Waals surface area contributed by atoms with Gasteiger partial charge in [-0.15, -0.1) is 0 Å². The first-order valence-electron chi connectivity index (χ1n) is 6.01. The molecule has 0 fully saturated rings. The fourth-order valence-electron chi connectivity index (χ4n) is 1.53. The molecule has 0 radical (unpaired) electrons. The van der Waals surface area contributed by atoms with E-state index in [4.69, 9.17) is 17.3 Å². The number of pyridine rings is 1. The van der Waals surface area contributed by atoms with Crippen molar-refractivity contribution >= 4 is 23.2 Å². The van der Waals surface area contributed by atoms with Gasteiger partial charge < -0.3 is 11.1 Å². The zero-order valence-corrected chi connectivity index (χ0v) is 11.6. The van der Waals surface area contributed by atoms with Gasteiger partial charge in [-0.2, -0.15) is 0 Å². The molecule has 1 heterocycles. The Morgan fingerprint density at radius 1 is 1.38 bits per heavy atom. The summed E-state index contributed by atoms with van der Waals surface area (Å²) in [6, 6.07) is 6.91. The highest BCUT2D eigenvalue weighted by atomic mass is 35.5. The van der Waals surface area contributed by atoms with Gasteiger partial charge in [0.2, 0.25) is 0 Å². The first-order valence-corrected chi connectivity index (χ1v) is 6.39. The van der Waals surface area contributed by atoms with Crippen LogP contribution in [0.25, 0.3) is 0 Å². The van der Waals surface area contributed by atoms with E-state index in [1.807, 2.05) is 0 Å². The summed E-state index contributed by atoms with van der Waals surface area (Å²) >= 11 is 5.84. The average molecular weight is 304 g/mol. The van der Waals surface area contributed by atoms with Crippen molar-refractivity contribution in [2.24, 2.45) is 5.73 Å². The molecule has 1 aromatic heterocycles. The zero-order valence-electron chi connectivity index (χ0n) is 10.9. The molecule has 21 heavy (non-hydrogen) atoms. The molecule has 0 atom stereocenters. The Bertz CT molecular complexity index is 720. The number of nitrogens with two attached hydrogens (primary N) is 1. The van der Waals surface area contributed by atoms with Gasteiger partial charge in [0, 0.05) is 11.8 Å². The molecule has 0 bridgehead atoms. The third-order valence-corrected chi connectivity index (χ3v) is 2.82. The standard InChI is InChI=1S/C15H11ClFN3O/c16-12-8-11(17)4-6-13(12)20-15(21)14-5-3-10(9-19-14)2-1-7-18/h3-6,8-9H,7,18H2,(H,20,21). The van der Waals surface area contributed by atoms with E-state index in [1.165, 1.54) is 24.4 Å². The van der Waals surface area contributed by atoms with Crippen LogP contribution in [0.2, 0.25) is 5.02 Å². The molecule has 2 rings (SSSR count). The highest BCUT2D eigenvalue weighted by molar-refractivity contribution is 6.33. The first-order chi connectivity index (χ1) is 10.1. The fourth-order valence-corrected chi connectivity index (χ4v) is 1.75. The van der Waals surface area contributed by atoms with Crippen molar-refractivity contribution in [2.45, 2.75) is 0 Å². The predicted octanol–water partition coefficient (Wildman–Crippen LogP) is 2.44.